The van der Waals surface area contributed by atoms with Gasteiger partial charge in [-0.3, -0.25) is 14.4 Å². The lowest BCUT2D eigenvalue weighted by molar-refractivity contribution is -1.07. The number of ether oxygens (including phenoxy) is 2. The highest BCUT2D eigenvalue weighted by atomic mass is 16.8. The second-order valence-corrected chi connectivity index (χ2v) is 12.6. The van der Waals surface area contributed by atoms with Gasteiger partial charge in [0.15, 0.2) is 12.1 Å². The standard InChI is InChI=1S/C25H43NO8/c1-9-24(7,20(29)33-18-16-11-10-15(12-16)17(18)26(31)32)14-25(8,13-23(5,6)19(27)28)21(30)34-22(2,3)4/h15-18,26,31H,9-14H2,1-8H3,(H,27,28). The molecule has 2 fully saturated rings. The fraction of sp³-hybridized carbons (Fsp3) is 0.880. The molecule has 0 heterocycles. The Hall–Kier alpha value is -1.71. The monoisotopic (exact) mass is 485 g/mol. The number of esters is 2. The van der Waals surface area contributed by atoms with Gasteiger partial charge in [-0.1, -0.05) is 6.92 Å². The van der Waals surface area contributed by atoms with Crippen molar-refractivity contribution >= 4 is 17.9 Å². The molecular formula is C25H43NO8. The summed E-state index contributed by atoms with van der Waals surface area (Å²) in [6.07, 6.45) is 2.10. The van der Waals surface area contributed by atoms with Crippen molar-refractivity contribution in [1.82, 2.24) is 0 Å². The van der Waals surface area contributed by atoms with Gasteiger partial charge in [0.2, 0.25) is 0 Å². The zero-order valence-electron chi connectivity index (χ0n) is 21.9. The van der Waals surface area contributed by atoms with Crippen LogP contribution in [-0.2, 0) is 23.9 Å². The smallest absolute Gasteiger partial charge is 0.312 e. The van der Waals surface area contributed by atoms with Crippen molar-refractivity contribution in [2.45, 2.75) is 112 Å². The molecular weight excluding hydrogens is 442 g/mol. The highest BCUT2D eigenvalue weighted by Gasteiger charge is 2.56. The Morgan fingerprint density at radius 3 is 1.97 bits per heavy atom. The van der Waals surface area contributed by atoms with E-state index in [1.807, 2.05) is 6.92 Å². The number of hydrogen-bond donors (Lipinski definition) is 3. The maximum absolute atomic E-state index is 13.5. The summed E-state index contributed by atoms with van der Waals surface area (Å²) in [6, 6.07) is -0.702. The molecule has 0 spiro atoms. The molecule has 2 rings (SSSR count). The van der Waals surface area contributed by atoms with Crippen molar-refractivity contribution in [3.8, 4) is 0 Å². The van der Waals surface area contributed by atoms with Crippen LogP contribution in [0.25, 0.3) is 0 Å². The number of carbonyl (C=O) groups is 3. The van der Waals surface area contributed by atoms with E-state index in [0.29, 0.717) is 6.42 Å². The lowest BCUT2D eigenvalue weighted by Crippen LogP contribution is -3.11. The van der Waals surface area contributed by atoms with E-state index in [2.05, 4.69) is 0 Å². The van der Waals surface area contributed by atoms with Crippen LogP contribution in [0.4, 0.5) is 0 Å². The minimum Gasteiger partial charge on any atom is -0.600 e. The molecule has 0 saturated heterocycles. The van der Waals surface area contributed by atoms with Crippen LogP contribution in [0.5, 0.6) is 0 Å². The summed E-state index contributed by atoms with van der Waals surface area (Å²) >= 11 is 0. The van der Waals surface area contributed by atoms with Crippen LogP contribution < -0.4 is 5.23 Å². The summed E-state index contributed by atoms with van der Waals surface area (Å²) in [4.78, 5) is 38.7. The third kappa shape index (κ3) is 6.10. The maximum Gasteiger partial charge on any atom is 0.312 e. The van der Waals surface area contributed by atoms with Crippen molar-refractivity contribution in [1.29, 1.82) is 0 Å². The van der Waals surface area contributed by atoms with Crippen LogP contribution in [0.1, 0.15) is 93.9 Å². The van der Waals surface area contributed by atoms with E-state index in [-0.39, 0.29) is 24.7 Å². The van der Waals surface area contributed by atoms with Crippen LogP contribution in [0.2, 0.25) is 0 Å². The topological polar surface area (TPSA) is 138 Å². The largest absolute Gasteiger partial charge is 0.600 e. The zero-order chi connectivity index (χ0) is 26.3. The molecule has 2 bridgehead atoms. The first kappa shape index (κ1) is 28.5. The van der Waals surface area contributed by atoms with Crippen molar-refractivity contribution in [2.75, 3.05) is 0 Å². The molecule has 2 aliphatic rings. The number of nitrogens with one attached hydrogen (secondary N) is 1. The minimum absolute atomic E-state index is 0.0246. The molecule has 3 N–H and O–H groups in total. The molecule has 0 aromatic rings. The number of quaternary nitrogens is 1. The highest BCUT2D eigenvalue weighted by molar-refractivity contribution is 5.82. The molecule has 9 heteroatoms. The minimum atomic E-state index is -1.28. The number of hydrogen-bond acceptors (Lipinski definition) is 7. The van der Waals surface area contributed by atoms with E-state index < -0.39 is 57.1 Å². The average molecular weight is 486 g/mol. The number of carboxylic acid groups (broad SMARTS) is 1. The third-order valence-corrected chi connectivity index (χ3v) is 7.72. The molecule has 0 amide bonds. The molecule has 9 nitrogen and oxygen atoms in total. The Kier molecular flexibility index (Phi) is 8.17. The second-order valence-electron chi connectivity index (χ2n) is 12.6. The van der Waals surface area contributed by atoms with E-state index in [0.717, 1.165) is 19.3 Å². The SMILES string of the molecule is CCC(C)(CC(C)(CC(C)(C)C(=O)O)C(=O)OC(C)(C)C)C(=O)OC1C2CCC(C2)C1[NH+]([O-])O. The first-order valence-electron chi connectivity index (χ1n) is 12.3. The van der Waals surface area contributed by atoms with Gasteiger partial charge in [-0.25, -0.2) is 10.4 Å². The third-order valence-electron chi connectivity index (χ3n) is 7.72. The first-order chi connectivity index (χ1) is 15.3. The summed E-state index contributed by atoms with van der Waals surface area (Å²) in [6.45, 7) is 13.5. The molecule has 2 aliphatic carbocycles. The molecule has 0 aromatic carbocycles. The van der Waals surface area contributed by atoms with Gasteiger partial charge in [0, 0.05) is 11.8 Å². The number of aliphatic carboxylic acids is 1. The first-order valence-corrected chi connectivity index (χ1v) is 12.3. The molecule has 7 unspecified atom stereocenters. The Labute approximate surface area is 202 Å². The van der Waals surface area contributed by atoms with Crippen LogP contribution in [0.15, 0.2) is 0 Å². The summed E-state index contributed by atoms with van der Waals surface area (Å²) < 4.78 is 11.6. The molecule has 0 aliphatic heterocycles. The van der Waals surface area contributed by atoms with E-state index in [1.165, 1.54) is 0 Å². The summed E-state index contributed by atoms with van der Waals surface area (Å²) in [5.74, 6) is -2.09. The van der Waals surface area contributed by atoms with Gasteiger partial charge in [-0.2, -0.15) is 0 Å². The summed E-state index contributed by atoms with van der Waals surface area (Å²) in [7, 11) is 0. The second kappa shape index (κ2) is 9.74. The average Bonchev–Trinajstić information content (AvgIpc) is 3.27. The van der Waals surface area contributed by atoms with Gasteiger partial charge in [0.05, 0.1) is 16.2 Å². The van der Waals surface area contributed by atoms with Gasteiger partial charge < -0.3 is 19.8 Å². The van der Waals surface area contributed by atoms with Crippen molar-refractivity contribution in [2.24, 2.45) is 28.1 Å². The van der Waals surface area contributed by atoms with E-state index in [9.17, 15) is 29.9 Å². The Morgan fingerprint density at radius 2 is 1.50 bits per heavy atom. The fourth-order valence-corrected chi connectivity index (χ4v) is 5.88. The molecule has 7 atom stereocenters. The predicted octanol–water partition coefficient (Wildman–Crippen LogP) is 3.12. The fourth-order valence-electron chi connectivity index (χ4n) is 5.88. The van der Waals surface area contributed by atoms with Gasteiger partial charge in [-0.15, -0.1) is 0 Å². The van der Waals surface area contributed by atoms with E-state index in [4.69, 9.17) is 9.47 Å². The summed E-state index contributed by atoms with van der Waals surface area (Å²) in [5.41, 5.74) is -4.42. The van der Waals surface area contributed by atoms with Crippen LogP contribution in [0.3, 0.4) is 0 Å². The molecule has 34 heavy (non-hydrogen) atoms. The summed E-state index contributed by atoms with van der Waals surface area (Å²) in [5, 5.41) is 30.4. The number of hydroxylamine groups is 2. The Bertz CT molecular complexity index is 788. The van der Waals surface area contributed by atoms with Crippen LogP contribution >= 0.6 is 0 Å². The van der Waals surface area contributed by atoms with E-state index >= 15 is 0 Å². The number of carbonyl (C=O) groups excluding carboxylic acids is 2. The van der Waals surface area contributed by atoms with Gasteiger partial charge in [0.1, 0.15) is 5.60 Å². The zero-order valence-corrected chi connectivity index (χ0v) is 21.9. The molecule has 0 aromatic heterocycles. The molecule has 2 saturated carbocycles. The Morgan fingerprint density at radius 1 is 0.941 bits per heavy atom. The van der Waals surface area contributed by atoms with Gasteiger partial charge in [-0.05, 0) is 87.0 Å². The molecule has 0 radical (unpaired) electrons. The Balaban J connectivity index is 2.33. The van der Waals surface area contributed by atoms with Gasteiger partial charge in [0.25, 0.3) is 0 Å². The highest BCUT2D eigenvalue weighted by Crippen LogP contribution is 2.49. The predicted molar refractivity (Wildman–Crippen MR) is 124 cm³/mol. The number of fused-ring (bicyclic) bond motifs is 2. The van der Waals surface area contributed by atoms with Crippen LogP contribution in [-0.4, -0.2) is 46.0 Å². The lowest BCUT2D eigenvalue weighted by atomic mass is 9.65. The molecule has 196 valence electrons. The van der Waals surface area contributed by atoms with Crippen molar-refractivity contribution in [3.05, 3.63) is 5.21 Å². The maximum atomic E-state index is 13.5. The van der Waals surface area contributed by atoms with E-state index in [1.54, 1.807) is 48.5 Å². The van der Waals surface area contributed by atoms with Crippen molar-refractivity contribution in [3.63, 3.8) is 0 Å². The van der Waals surface area contributed by atoms with Gasteiger partial charge >= 0.3 is 17.9 Å². The normalized spacial score (nSPS) is 29.1. The van der Waals surface area contributed by atoms with Crippen LogP contribution in [0, 0.1) is 33.3 Å². The van der Waals surface area contributed by atoms with Crippen molar-refractivity contribution < 1.29 is 39.4 Å². The lowest BCUT2D eigenvalue weighted by Gasteiger charge is -2.41. The quantitative estimate of drug-likeness (QED) is 0.317. The number of rotatable bonds is 10. The number of carboxylic acids is 1.